The Labute approximate surface area is 253 Å². The molecule has 0 saturated heterocycles. The molecule has 4 heteroatoms. The predicted octanol–water partition coefficient (Wildman–Crippen LogP) is 9.28. The second-order valence-electron chi connectivity index (χ2n) is 11.9. The zero-order chi connectivity index (χ0) is 30.2. The molecule has 0 atom stereocenters. The van der Waals surface area contributed by atoms with Gasteiger partial charge in [-0.25, -0.2) is 9.59 Å². The van der Waals surface area contributed by atoms with Crippen LogP contribution in [0.2, 0.25) is 0 Å². The largest absolute Gasteiger partial charge is 0.465 e. The van der Waals surface area contributed by atoms with Crippen molar-refractivity contribution in [3.63, 3.8) is 0 Å². The molecule has 0 N–H and O–H groups in total. The Morgan fingerprint density at radius 2 is 0.857 bits per heavy atom. The van der Waals surface area contributed by atoms with Crippen LogP contribution in [0.1, 0.15) is 144 Å². The van der Waals surface area contributed by atoms with E-state index in [4.69, 9.17) is 9.47 Å². The average molecular weight is 571 g/mol. The summed E-state index contributed by atoms with van der Waals surface area (Å²) in [7, 11) is 2.84. The van der Waals surface area contributed by atoms with E-state index in [1.165, 1.54) is 58.4 Å². The highest BCUT2D eigenvalue weighted by atomic mass is 16.5. The minimum atomic E-state index is -0.429. The lowest BCUT2D eigenvalue weighted by Crippen LogP contribution is -2.25. The minimum absolute atomic E-state index is 0.429. The Morgan fingerprint density at radius 1 is 0.548 bits per heavy atom. The fraction of sp³-hybridized carbons (Fsp3) is 0.526. The van der Waals surface area contributed by atoms with Crippen LogP contribution < -0.4 is 0 Å². The van der Waals surface area contributed by atoms with Gasteiger partial charge in [0.2, 0.25) is 0 Å². The number of unbranched alkanes of at least 4 members (excludes halogenated alkanes) is 4. The maximum absolute atomic E-state index is 13.5. The van der Waals surface area contributed by atoms with Gasteiger partial charge in [-0.05, 0) is 119 Å². The third-order valence-electron chi connectivity index (χ3n) is 9.22. The van der Waals surface area contributed by atoms with E-state index in [-0.39, 0.29) is 0 Å². The van der Waals surface area contributed by atoms with E-state index in [1.807, 2.05) is 0 Å². The van der Waals surface area contributed by atoms with Crippen molar-refractivity contribution in [2.24, 2.45) is 0 Å². The number of fused-ring (bicyclic) bond motifs is 3. The molecule has 0 spiro atoms. The smallest absolute Gasteiger partial charge is 0.339 e. The minimum Gasteiger partial charge on any atom is -0.465 e. The van der Waals surface area contributed by atoms with Crippen molar-refractivity contribution in [1.29, 1.82) is 0 Å². The first-order valence-corrected chi connectivity index (χ1v) is 16.4. The molecule has 0 fully saturated rings. The van der Waals surface area contributed by atoms with E-state index >= 15 is 0 Å². The number of methoxy groups -OCH3 is 2. The topological polar surface area (TPSA) is 52.6 Å². The molecule has 1 aliphatic rings. The number of hydrogen-bond donors (Lipinski definition) is 0. The van der Waals surface area contributed by atoms with Gasteiger partial charge in [0.25, 0.3) is 0 Å². The summed E-state index contributed by atoms with van der Waals surface area (Å²) in [6.45, 7) is 8.87. The van der Waals surface area contributed by atoms with E-state index in [2.05, 4.69) is 52.0 Å². The van der Waals surface area contributed by atoms with Crippen LogP contribution in [-0.2, 0) is 48.0 Å². The average Bonchev–Trinajstić information content (AvgIpc) is 3.02. The van der Waals surface area contributed by atoms with Gasteiger partial charge in [-0.1, -0.05) is 77.6 Å². The summed E-state index contributed by atoms with van der Waals surface area (Å²) < 4.78 is 10.7. The Morgan fingerprint density at radius 3 is 1.17 bits per heavy atom. The number of hydrogen-bond acceptors (Lipinski definition) is 4. The highest BCUT2D eigenvalue weighted by molar-refractivity contribution is 6.06. The standard InChI is InChI=1S/C38H50O4/c1-7-11-17-27-25-21-15-16-22-26(25)28(18-12-8-2)32-24-34-30(20-14-10-4)36(38(40)42-6)35(37(39)41-5)29(19-13-9-3)33(34)23-31(27)32/h15-16,21-22H,7-14,17-20,23-24H2,1-6H3. The van der Waals surface area contributed by atoms with Crippen molar-refractivity contribution in [1.82, 2.24) is 0 Å². The first-order chi connectivity index (χ1) is 20.5. The lowest BCUT2D eigenvalue weighted by molar-refractivity contribution is 0.0552. The fourth-order valence-corrected chi connectivity index (χ4v) is 7.07. The quantitative estimate of drug-likeness (QED) is 0.142. The van der Waals surface area contributed by atoms with Gasteiger partial charge in [0.15, 0.2) is 0 Å². The summed E-state index contributed by atoms with van der Waals surface area (Å²) in [5, 5.41) is 2.78. The molecule has 3 aromatic carbocycles. The van der Waals surface area contributed by atoms with E-state index in [9.17, 15) is 9.59 Å². The maximum Gasteiger partial charge on any atom is 0.339 e. The van der Waals surface area contributed by atoms with Crippen molar-refractivity contribution in [3.05, 3.63) is 79.9 Å². The SMILES string of the molecule is CCCCc1c2c(c(CCCC)c(C(=O)OC)c1C(=O)OC)Cc1c(c(CCCC)c3ccccc3c1CCCC)C2. The second-order valence-corrected chi connectivity index (χ2v) is 11.9. The van der Waals surface area contributed by atoms with Crippen molar-refractivity contribution in [2.45, 2.75) is 118 Å². The lowest BCUT2D eigenvalue weighted by atomic mass is 9.71. The van der Waals surface area contributed by atoms with E-state index in [0.29, 0.717) is 11.1 Å². The van der Waals surface area contributed by atoms with Gasteiger partial charge < -0.3 is 9.47 Å². The molecule has 0 saturated carbocycles. The molecule has 3 aromatic rings. The van der Waals surface area contributed by atoms with E-state index in [1.54, 1.807) is 0 Å². The Hall–Kier alpha value is -3.14. The van der Waals surface area contributed by atoms with Crippen LogP contribution in [0.5, 0.6) is 0 Å². The van der Waals surface area contributed by atoms with Crippen LogP contribution >= 0.6 is 0 Å². The number of rotatable bonds is 14. The third-order valence-corrected chi connectivity index (χ3v) is 9.22. The molecule has 1 aliphatic carbocycles. The number of ether oxygens (including phenoxy) is 2. The summed E-state index contributed by atoms with van der Waals surface area (Å²) >= 11 is 0. The molecule has 0 radical (unpaired) electrons. The molecular formula is C38H50O4. The highest BCUT2D eigenvalue weighted by Gasteiger charge is 2.35. The molecule has 0 aliphatic heterocycles. The zero-order valence-corrected chi connectivity index (χ0v) is 26.8. The lowest BCUT2D eigenvalue weighted by Gasteiger charge is -2.32. The number of aryl methyl sites for hydroxylation is 2. The summed E-state index contributed by atoms with van der Waals surface area (Å²) in [5.41, 5.74) is 11.2. The monoisotopic (exact) mass is 570 g/mol. The summed E-state index contributed by atoms with van der Waals surface area (Å²) in [6, 6.07) is 8.99. The van der Waals surface area contributed by atoms with Crippen LogP contribution in [-0.4, -0.2) is 26.2 Å². The normalized spacial score (nSPS) is 12.2. The Bertz CT molecular complexity index is 1320. The summed E-state index contributed by atoms with van der Waals surface area (Å²) in [6.07, 6.45) is 13.7. The van der Waals surface area contributed by atoms with Crippen LogP contribution in [0.15, 0.2) is 24.3 Å². The number of esters is 2. The van der Waals surface area contributed by atoms with Crippen LogP contribution in [0.25, 0.3) is 10.8 Å². The van der Waals surface area contributed by atoms with Gasteiger partial charge >= 0.3 is 11.9 Å². The third kappa shape index (κ3) is 6.14. The van der Waals surface area contributed by atoms with Crippen molar-refractivity contribution >= 4 is 22.7 Å². The molecule has 0 amide bonds. The maximum atomic E-state index is 13.5. The van der Waals surface area contributed by atoms with Gasteiger partial charge in [-0.15, -0.1) is 0 Å². The van der Waals surface area contributed by atoms with Crippen molar-refractivity contribution < 1.29 is 19.1 Å². The highest BCUT2D eigenvalue weighted by Crippen LogP contribution is 2.43. The number of carbonyl (C=O) groups excluding carboxylic acids is 2. The van der Waals surface area contributed by atoms with E-state index in [0.717, 1.165) is 101 Å². The summed E-state index contributed by atoms with van der Waals surface area (Å²) in [5.74, 6) is -0.859. The van der Waals surface area contributed by atoms with Gasteiger partial charge in [-0.3, -0.25) is 0 Å². The second kappa shape index (κ2) is 14.8. The van der Waals surface area contributed by atoms with Crippen molar-refractivity contribution in [2.75, 3.05) is 14.2 Å². The molecular weight excluding hydrogens is 520 g/mol. The zero-order valence-electron chi connectivity index (χ0n) is 26.8. The van der Waals surface area contributed by atoms with Crippen LogP contribution in [0.3, 0.4) is 0 Å². The first kappa shape index (κ1) is 31.8. The number of carbonyl (C=O) groups is 2. The van der Waals surface area contributed by atoms with E-state index < -0.39 is 11.9 Å². The molecule has 4 rings (SSSR count). The fourth-order valence-electron chi connectivity index (χ4n) is 7.07. The Kier molecular flexibility index (Phi) is 11.2. The van der Waals surface area contributed by atoms with Crippen LogP contribution in [0, 0.1) is 0 Å². The van der Waals surface area contributed by atoms with Crippen LogP contribution in [0.4, 0.5) is 0 Å². The summed E-state index contributed by atoms with van der Waals surface area (Å²) in [4.78, 5) is 27.0. The number of benzene rings is 3. The molecule has 42 heavy (non-hydrogen) atoms. The Balaban J connectivity index is 2.12. The molecule has 4 nitrogen and oxygen atoms in total. The van der Waals surface area contributed by atoms with Gasteiger partial charge in [0, 0.05) is 0 Å². The first-order valence-electron chi connectivity index (χ1n) is 16.4. The predicted molar refractivity (Wildman–Crippen MR) is 173 cm³/mol. The molecule has 0 heterocycles. The van der Waals surface area contributed by atoms with Gasteiger partial charge in [-0.2, -0.15) is 0 Å². The molecule has 0 unspecified atom stereocenters. The molecule has 226 valence electrons. The van der Waals surface area contributed by atoms with Gasteiger partial charge in [0.05, 0.1) is 25.3 Å². The molecule has 0 aromatic heterocycles. The molecule has 0 bridgehead atoms. The van der Waals surface area contributed by atoms with Gasteiger partial charge in [0.1, 0.15) is 0 Å². The van der Waals surface area contributed by atoms with Crippen molar-refractivity contribution in [3.8, 4) is 0 Å².